The molecule has 3 aromatic rings. The van der Waals surface area contributed by atoms with Crippen LogP contribution in [0.2, 0.25) is 0 Å². The van der Waals surface area contributed by atoms with Gasteiger partial charge in [0, 0.05) is 29.7 Å². The molecule has 0 saturated heterocycles. The van der Waals surface area contributed by atoms with Crippen molar-refractivity contribution in [2.24, 2.45) is 5.92 Å². The summed E-state index contributed by atoms with van der Waals surface area (Å²) in [6, 6.07) is 11.9. The van der Waals surface area contributed by atoms with Crippen LogP contribution in [0, 0.1) is 5.92 Å². The van der Waals surface area contributed by atoms with Crippen molar-refractivity contribution in [2.75, 3.05) is 18.0 Å². The number of nitrogens with zero attached hydrogens (tertiary/aromatic N) is 1. The first kappa shape index (κ1) is 20.7. The van der Waals surface area contributed by atoms with Crippen LogP contribution in [0.15, 0.2) is 51.7 Å². The maximum absolute atomic E-state index is 13.0. The molecule has 164 valence electrons. The molecule has 0 bridgehead atoms. The van der Waals surface area contributed by atoms with Crippen molar-refractivity contribution in [1.29, 1.82) is 0 Å². The number of allylic oxidation sites excluding steroid dienone is 1. The maximum Gasteiger partial charge on any atom is 0.347 e. The molecule has 0 atom stereocenters. The van der Waals surface area contributed by atoms with Crippen LogP contribution in [-0.4, -0.2) is 18.9 Å². The molecular weight excluding hydrogens is 398 g/mol. The van der Waals surface area contributed by atoms with Crippen LogP contribution in [0.3, 0.4) is 0 Å². The molecule has 0 amide bonds. The Balaban J connectivity index is 1.52. The summed E-state index contributed by atoms with van der Waals surface area (Å²) < 4.78 is 5.78. The highest BCUT2D eigenvalue weighted by molar-refractivity contribution is 6.08. The van der Waals surface area contributed by atoms with Crippen molar-refractivity contribution in [3.05, 3.63) is 80.7 Å². The number of anilines is 1. The molecule has 2 aliphatic heterocycles. The predicted molar refractivity (Wildman–Crippen MR) is 130 cm³/mol. The minimum atomic E-state index is -0.549. The molecule has 3 heterocycles. The Morgan fingerprint density at radius 3 is 2.72 bits per heavy atom. The topological polar surface area (TPSA) is 50.5 Å². The SMILES string of the molecule is CC(C)Cc1ccccc1/C=C/C(=O)c1cc2cc3c4c(c2oc1=O)CCCN4CCC3. The third kappa shape index (κ3) is 3.79. The molecule has 0 spiro atoms. The fourth-order valence-electron chi connectivity index (χ4n) is 5.20. The van der Waals surface area contributed by atoms with E-state index >= 15 is 0 Å². The third-order valence-electron chi connectivity index (χ3n) is 6.58. The van der Waals surface area contributed by atoms with Gasteiger partial charge in [-0.2, -0.15) is 0 Å². The van der Waals surface area contributed by atoms with E-state index in [2.05, 4.69) is 30.9 Å². The molecule has 4 nitrogen and oxygen atoms in total. The average Bonchev–Trinajstić information content (AvgIpc) is 2.78. The molecule has 5 rings (SSSR count). The van der Waals surface area contributed by atoms with Gasteiger partial charge in [0.25, 0.3) is 0 Å². The lowest BCUT2D eigenvalue weighted by Crippen LogP contribution is -2.34. The van der Waals surface area contributed by atoms with Crippen molar-refractivity contribution in [3.8, 4) is 0 Å². The van der Waals surface area contributed by atoms with E-state index in [0.29, 0.717) is 11.5 Å². The normalized spacial score (nSPS) is 15.5. The summed E-state index contributed by atoms with van der Waals surface area (Å²) in [4.78, 5) is 28.2. The molecule has 2 aromatic carbocycles. The zero-order valence-corrected chi connectivity index (χ0v) is 18.8. The highest BCUT2D eigenvalue weighted by atomic mass is 16.4. The van der Waals surface area contributed by atoms with E-state index in [0.717, 1.165) is 61.7 Å². The van der Waals surface area contributed by atoms with Gasteiger partial charge in [-0.3, -0.25) is 4.79 Å². The number of fused-ring (bicyclic) bond motifs is 2. The predicted octanol–water partition coefficient (Wildman–Crippen LogP) is 5.59. The number of carbonyl (C=O) groups is 1. The van der Waals surface area contributed by atoms with Crippen LogP contribution in [0.5, 0.6) is 0 Å². The van der Waals surface area contributed by atoms with E-state index in [-0.39, 0.29) is 11.3 Å². The lowest BCUT2D eigenvalue weighted by atomic mass is 9.90. The van der Waals surface area contributed by atoms with E-state index in [4.69, 9.17) is 4.42 Å². The molecule has 2 aliphatic rings. The zero-order chi connectivity index (χ0) is 22.2. The number of rotatable bonds is 5. The molecule has 0 saturated carbocycles. The summed E-state index contributed by atoms with van der Waals surface area (Å²) >= 11 is 0. The van der Waals surface area contributed by atoms with Gasteiger partial charge >= 0.3 is 5.63 Å². The van der Waals surface area contributed by atoms with Gasteiger partial charge in [-0.15, -0.1) is 0 Å². The van der Waals surface area contributed by atoms with Gasteiger partial charge in [0.05, 0.1) is 0 Å². The van der Waals surface area contributed by atoms with E-state index in [1.807, 2.05) is 24.3 Å². The Kier molecular flexibility index (Phi) is 5.46. The van der Waals surface area contributed by atoms with E-state index in [1.54, 1.807) is 6.07 Å². The molecular formula is C28H29NO3. The van der Waals surface area contributed by atoms with Crippen LogP contribution >= 0.6 is 0 Å². The lowest BCUT2D eigenvalue weighted by molar-refractivity contribution is 0.104. The highest BCUT2D eigenvalue weighted by Crippen LogP contribution is 2.39. The zero-order valence-electron chi connectivity index (χ0n) is 18.8. The van der Waals surface area contributed by atoms with Crippen molar-refractivity contribution in [2.45, 2.75) is 46.0 Å². The van der Waals surface area contributed by atoms with E-state index < -0.39 is 5.63 Å². The van der Waals surface area contributed by atoms with Crippen LogP contribution in [-0.2, 0) is 19.3 Å². The van der Waals surface area contributed by atoms with Gasteiger partial charge in [-0.25, -0.2) is 4.79 Å². The summed E-state index contributed by atoms with van der Waals surface area (Å²) in [5.41, 5.74) is 6.13. The second kappa shape index (κ2) is 8.42. The standard InChI is InChI=1S/C28H29NO3/c1-18(2)15-20-8-4-3-7-19(20)11-12-25(30)24-17-22-16-21-9-5-13-29-14-6-10-23(26(21)29)27(22)32-28(24)31/h3-4,7-8,11-12,16-18H,5-6,9-10,13-15H2,1-2H3/b12-11+. The first-order valence-corrected chi connectivity index (χ1v) is 11.7. The number of hydrogen-bond donors (Lipinski definition) is 0. The van der Waals surface area contributed by atoms with Gasteiger partial charge in [-0.05, 0) is 72.9 Å². The number of hydrogen-bond acceptors (Lipinski definition) is 4. The maximum atomic E-state index is 13.0. The Morgan fingerprint density at radius 2 is 1.91 bits per heavy atom. The highest BCUT2D eigenvalue weighted by Gasteiger charge is 2.27. The van der Waals surface area contributed by atoms with Crippen LogP contribution in [0.4, 0.5) is 5.69 Å². The summed E-state index contributed by atoms with van der Waals surface area (Å²) in [5, 5.41) is 0.860. The molecule has 4 heteroatoms. The van der Waals surface area contributed by atoms with E-state index in [1.165, 1.54) is 22.9 Å². The second-order valence-corrected chi connectivity index (χ2v) is 9.42. The van der Waals surface area contributed by atoms with Gasteiger partial charge < -0.3 is 9.32 Å². The Morgan fingerprint density at radius 1 is 1.12 bits per heavy atom. The van der Waals surface area contributed by atoms with Crippen LogP contribution < -0.4 is 10.5 Å². The number of carbonyl (C=O) groups excluding carboxylic acids is 1. The van der Waals surface area contributed by atoms with Crippen molar-refractivity contribution in [1.82, 2.24) is 0 Å². The third-order valence-corrected chi connectivity index (χ3v) is 6.58. The second-order valence-electron chi connectivity index (χ2n) is 9.42. The monoisotopic (exact) mass is 427 g/mol. The van der Waals surface area contributed by atoms with Gasteiger partial charge in [0.2, 0.25) is 0 Å². The average molecular weight is 428 g/mol. The molecule has 0 unspecified atom stereocenters. The lowest BCUT2D eigenvalue weighted by Gasteiger charge is -2.37. The van der Waals surface area contributed by atoms with Gasteiger partial charge in [0.15, 0.2) is 5.78 Å². The molecule has 0 N–H and O–H groups in total. The first-order valence-electron chi connectivity index (χ1n) is 11.7. The Labute approximate surface area is 188 Å². The van der Waals surface area contributed by atoms with Crippen molar-refractivity contribution >= 4 is 28.5 Å². The molecule has 0 radical (unpaired) electrons. The minimum Gasteiger partial charge on any atom is -0.422 e. The molecule has 0 fully saturated rings. The fourth-order valence-corrected chi connectivity index (χ4v) is 5.20. The van der Waals surface area contributed by atoms with Crippen LogP contribution in [0.1, 0.15) is 59.3 Å². The smallest absolute Gasteiger partial charge is 0.347 e. The fraction of sp³-hybridized carbons (Fsp3) is 0.357. The van der Waals surface area contributed by atoms with Gasteiger partial charge in [-0.1, -0.05) is 44.2 Å². The Hall–Kier alpha value is -3.14. The van der Waals surface area contributed by atoms with E-state index in [9.17, 15) is 9.59 Å². The summed E-state index contributed by atoms with van der Waals surface area (Å²) in [5.74, 6) is 0.212. The van der Waals surface area contributed by atoms with Crippen molar-refractivity contribution < 1.29 is 9.21 Å². The quantitative estimate of drug-likeness (QED) is 0.303. The molecule has 32 heavy (non-hydrogen) atoms. The van der Waals surface area contributed by atoms with Crippen LogP contribution in [0.25, 0.3) is 17.0 Å². The minimum absolute atomic E-state index is 0.103. The number of aryl methyl sites for hydroxylation is 2. The first-order chi connectivity index (χ1) is 15.5. The Bertz CT molecular complexity index is 1280. The summed E-state index contributed by atoms with van der Waals surface area (Å²) in [6.07, 6.45) is 8.41. The van der Waals surface area contributed by atoms with Gasteiger partial charge in [0.1, 0.15) is 11.1 Å². The van der Waals surface area contributed by atoms with Crippen molar-refractivity contribution in [3.63, 3.8) is 0 Å². The summed E-state index contributed by atoms with van der Waals surface area (Å²) in [6.45, 7) is 6.49. The molecule has 1 aromatic heterocycles. The largest absolute Gasteiger partial charge is 0.422 e. The number of benzene rings is 2. The summed E-state index contributed by atoms with van der Waals surface area (Å²) in [7, 11) is 0. The number of ketones is 1. The molecule has 0 aliphatic carbocycles.